The number of nitrogens with zero attached hydrogens (tertiary/aromatic N) is 3. The summed E-state index contributed by atoms with van der Waals surface area (Å²) in [5, 5.41) is 3.21. The number of carbonyl (C=O) groups is 2. The fourth-order valence-corrected chi connectivity index (χ4v) is 7.03. The van der Waals surface area contributed by atoms with Crippen molar-refractivity contribution in [1.82, 2.24) is 14.9 Å². The van der Waals surface area contributed by atoms with Gasteiger partial charge in [-0.15, -0.1) is 0 Å². The highest BCUT2D eigenvalue weighted by Crippen LogP contribution is 2.60. The van der Waals surface area contributed by atoms with Gasteiger partial charge in [0, 0.05) is 17.7 Å². The van der Waals surface area contributed by atoms with Gasteiger partial charge in [-0.25, -0.2) is 9.97 Å². The van der Waals surface area contributed by atoms with Crippen LogP contribution < -0.4 is 5.32 Å². The molecule has 1 aromatic carbocycles. The van der Waals surface area contributed by atoms with Crippen molar-refractivity contribution in [2.24, 2.45) is 23.2 Å². The third-order valence-electron chi connectivity index (χ3n) is 8.07. The van der Waals surface area contributed by atoms with Gasteiger partial charge >= 0.3 is 0 Å². The lowest BCUT2D eigenvalue weighted by molar-refractivity contribution is -0.140. The van der Waals surface area contributed by atoms with E-state index < -0.39 is 0 Å². The van der Waals surface area contributed by atoms with Crippen LogP contribution >= 0.6 is 0 Å². The molecule has 5 aliphatic rings. The SMILES string of the molecule is O=C(c1ccccc1)N1CCc2c(ncnc2NC(=O)C23CC4CC(CC(C4)C2)C3)C1. The van der Waals surface area contributed by atoms with Crippen LogP contribution in [0.15, 0.2) is 36.7 Å². The van der Waals surface area contributed by atoms with Gasteiger partial charge in [0.05, 0.1) is 17.7 Å². The number of hydrogen-bond donors (Lipinski definition) is 1. The summed E-state index contributed by atoms with van der Waals surface area (Å²) in [6.45, 7) is 1.06. The van der Waals surface area contributed by atoms with Gasteiger partial charge in [0.15, 0.2) is 0 Å². The Hall–Kier alpha value is -2.76. The number of fused-ring (bicyclic) bond motifs is 1. The first kappa shape index (κ1) is 19.0. The van der Waals surface area contributed by atoms with E-state index in [9.17, 15) is 9.59 Å². The number of anilines is 1. The van der Waals surface area contributed by atoms with Gasteiger partial charge < -0.3 is 10.2 Å². The third kappa shape index (κ3) is 3.24. The van der Waals surface area contributed by atoms with E-state index in [0.29, 0.717) is 30.9 Å². The Morgan fingerprint density at radius 2 is 1.65 bits per heavy atom. The van der Waals surface area contributed by atoms with Crippen LogP contribution in [-0.4, -0.2) is 33.2 Å². The Morgan fingerprint density at radius 3 is 2.32 bits per heavy atom. The number of benzene rings is 1. The molecule has 0 atom stereocenters. The highest BCUT2D eigenvalue weighted by Gasteiger charge is 2.54. The van der Waals surface area contributed by atoms with Gasteiger partial charge in [0.2, 0.25) is 5.91 Å². The van der Waals surface area contributed by atoms with Gasteiger partial charge in [-0.2, -0.15) is 0 Å². The lowest BCUT2D eigenvalue weighted by Crippen LogP contribution is -2.52. The summed E-state index contributed by atoms with van der Waals surface area (Å²) in [6, 6.07) is 9.36. The van der Waals surface area contributed by atoms with Crippen LogP contribution in [0.5, 0.6) is 0 Å². The average Bonchev–Trinajstić information content (AvgIpc) is 2.78. The molecule has 1 aromatic heterocycles. The maximum Gasteiger partial charge on any atom is 0.254 e. The highest BCUT2D eigenvalue weighted by atomic mass is 16.2. The zero-order valence-corrected chi connectivity index (χ0v) is 17.7. The number of hydrogen-bond acceptors (Lipinski definition) is 4. The summed E-state index contributed by atoms with van der Waals surface area (Å²) in [4.78, 5) is 37.0. The van der Waals surface area contributed by atoms with Crippen molar-refractivity contribution in [3.05, 3.63) is 53.5 Å². The normalized spacial score (nSPS) is 30.7. The fourth-order valence-electron chi connectivity index (χ4n) is 7.03. The number of rotatable bonds is 3. The van der Waals surface area contributed by atoms with E-state index in [-0.39, 0.29) is 17.2 Å². The van der Waals surface area contributed by atoms with Crippen molar-refractivity contribution in [2.75, 3.05) is 11.9 Å². The van der Waals surface area contributed by atoms with E-state index in [4.69, 9.17) is 0 Å². The van der Waals surface area contributed by atoms with Crippen molar-refractivity contribution in [2.45, 2.75) is 51.5 Å². The monoisotopic (exact) mass is 416 g/mol. The summed E-state index contributed by atoms with van der Waals surface area (Å²) in [7, 11) is 0. The Balaban J connectivity index is 1.21. The van der Waals surface area contributed by atoms with Crippen molar-refractivity contribution < 1.29 is 9.59 Å². The van der Waals surface area contributed by atoms with E-state index in [1.807, 2.05) is 35.2 Å². The first-order chi connectivity index (χ1) is 15.1. The van der Waals surface area contributed by atoms with Crippen LogP contribution in [0.3, 0.4) is 0 Å². The Labute approximate surface area is 182 Å². The number of aromatic nitrogens is 2. The number of carbonyl (C=O) groups excluding carboxylic acids is 2. The third-order valence-corrected chi connectivity index (χ3v) is 8.07. The molecule has 4 aliphatic carbocycles. The summed E-state index contributed by atoms with van der Waals surface area (Å²) in [6.07, 6.45) is 9.25. The second-order valence-corrected chi connectivity index (χ2v) is 10.1. The molecule has 6 heteroatoms. The summed E-state index contributed by atoms with van der Waals surface area (Å²) >= 11 is 0. The van der Waals surface area contributed by atoms with E-state index in [0.717, 1.165) is 48.3 Å². The fraction of sp³-hybridized carbons (Fsp3) is 0.520. The van der Waals surface area contributed by atoms with Crippen LogP contribution in [0.2, 0.25) is 0 Å². The minimum absolute atomic E-state index is 0.0176. The molecular formula is C25H28N4O2. The van der Waals surface area contributed by atoms with Crippen molar-refractivity contribution >= 4 is 17.6 Å². The number of nitrogens with one attached hydrogen (secondary N) is 1. The molecule has 2 heterocycles. The molecule has 0 saturated heterocycles. The predicted molar refractivity (Wildman–Crippen MR) is 116 cm³/mol. The van der Waals surface area contributed by atoms with E-state index >= 15 is 0 Å². The van der Waals surface area contributed by atoms with Crippen molar-refractivity contribution in [3.8, 4) is 0 Å². The maximum absolute atomic E-state index is 13.5. The standard InChI is InChI=1S/C25H28N4O2/c30-23(19-4-2-1-3-5-19)29-7-6-20-21(14-29)26-15-27-22(20)28-24(31)25-11-16-8-17(12-25)10-18(9-16)13-25/h1-5,15-18H,6-14H2,(H,26,27,28,31). The van der Waals surface area contributed by atoms with Gasteiger partial charge in [0.25, 0.3) is 5.91 Å². The van der Waals surface area contributed by atoms with Crippen LogP contribution in [0.25, 0.3) is 0 Å². The average molecular weight is 417 g/mol. The summed E-state index contributed by atoms with van der Waals surface area (Å²) < 4.78 is 0. The largest absolute Gasteiger partial charge is 0.332 e. The quantitative estimate of drug-likeness (QED) is 0.825. The maximum atomic E-state index is 13.5. The van der Waals surface area contributed by atoms with Gasteiger partial charge in [-0.3, -0.25) is 9.59 Å². The summed E-state index contributed by atoms with van der Waals surface area (Å²) in [5.41, 5.74) is 2.32. The lowest BCUT2D eigenvalue weighted by atomic mass is 9.49. The van der Waals surface area contributed by atoms with Crippen LogP contribution in [0.1, 0.15) is 60.1 Å². The summed E-state index contributed by atoms with van der Waals surface area (Å²) in [5.74, 6) is 3.02. The molecule has 1 N–H and O–H groups in total. The molecular weight excluding hydrogens is 388 g/mol. The minimum atomic E-state index is -0.198. The van der Waals surface area contributed by atoms with Crippen LogP contribution in [-0.2, 0) is 17.8 Å². The predicted octanol–water partition coefficient (Wildman–Crippen LogP) is 3.83. The second kappa shape index (κ2) is 7.14. The van der Waals surface area contributed by atoms with E-state index in [1.165, 1.54) is 25.6 Å². The smallest absolute Gasteiger partial charge is 0.254 e. The lowest BCUT2D eigenvalue weighted by Gasteiger charge is -2.55. The molecule has 2 aromatic rings. The molecule has 4 bridgehead atoms. The molecule has 1 aliphatic heterocycles. The second-order valence-electron chi connectivity index (χ2n) is 10.1. The molecule has 160 valence electrons. The van der Waals surface area contributed by atoms with Gasteiger partial charge in [-0.1, -0.05) is 18.2 Å². The zero-order chi connectivity index (χ0) is 21.0. The highest BCUT2D eigenvalue weighted by molar-refractivity contribution is 5.96. The molecule has 4 fully saturated rings. The zero-order valence-electron chi connectivity index (χ0n) is 17.7. The molecule has 7 rings (SSSR count). The van der Waals surface area contributed by atoms with Gasteiger partial charge in [-0.05, 0) is 74.8 Å². The Bertz CT molecular complexity index is 1000. The minimum Gasteiger partial charge on any atom is -0.332 e. The molecule has 0 unspecified atom stereocenters. The Morgan fingerprint density at radius 1 is 0.968 bits per heavy atom. The first-order valence-corrected chi connectivity index (χ1v) is 11.6. The first-order valence-electron chi connectivity index (χ1n) is 11.6. The van der Waals surface area contributed by atoms with E-state index in [2.05, 4.69) is 15.3 Å². The Kier molecular flexibility index (Phi) is 4.37. The molecule has 2 amide bonds. The molecule has 0 spiro atoms. The van der Waals surface area contributed by atoms with Gasteiger partial charge in [0.1, 0.15) is 12.1 Å². The molecule has 6 nitrogen and oxygen atoms in total. The van der Waals surface area contributed by atoms with Crippen LogP contribution in [0.4, 0.5) is 5.82 Å². The molecule has 4 saturated carbocycles. The molecule has 0 radical (unpaired) electrons. The van der Waals surface area contributed by atoms with E-state index in [1.54, 1.807) is 0 Å². The van der Waals surface area contributed by atoms with Crippen LogP contribution in [0, 0.1) is 23.2 Å². The van der Waals surface area contributed by atoms with Crippen molar-refractivity contribution in [1.29, 1.82) is 0 Å². The van der Waals surface area contributed by atoms with Crippen molar-refractivity contribution in [3.63, 3.8) is 0 Å². The molecule has 31 heavy (non-hydrogen) atoms. The topological polar surface area (TPSA) is 75.2 Å². The number of amides is 2.